The Balaban J connectivity index is 3.99. The van der Waals surface area contributed by atoms with Gasteiger partial charge < -0.3 is 5.73 Å². The Morgan fingerprint density at radius 3 is 2.44 bits per heavy atom. The predicted octanol–water partition coefficient (Wildman–Crippen LogP) is -1.73. The number of nitrogens with one attached hydrogen (secondary N) is 2. The van der Waals surface area contributed by atoms with Gasteiger partial charge >= 0.3 is 0 Å². The molecule has 52 valence electrons. The van der Waals surface area contributed by atoms with E-state index >= 15 is 0 Å². The number of nitrogens with zero attached hydrogens (tertiary/aromatic N) is 2. The minimum atomic E-state index is -1.08. The van der Waals surface area contributed by atoms with Crippen LogP contribution in [0.1, 0.15) is 0 Å². The van der Waals surface area contributed by atoms with Crippen LogP contribution in [0.3, 0.4) is 0 Å². The highest BCUT2D eigenvalue weighted by atomic mass is 16.7. The average Bonchev–Trinajstić information content (AvgIpc) is 1.64. The van der Waals surface area contributed by atoms with Crippen molar-refractivity contribution in [2.45, 2.75) is 0 Å². The standard InChI is InChI=1S/CH5N5O3/c2-1(3)5(4-7)6(8)9/h4,7H,(H3,2,3). The van der Waals surface area contributed by atoms with Gasteiger partial charge in [0.15, 0.2) is 5.03 Å². The van der Waals surface area contributed by atoms with Gasteiger partial charge in [-0.25, -0.2) is 10.1 Å². The Kier molecular flexibility index (Phi) is 2.35. The Morgan fingerprint density at radius 2 is 2.44 bits per heavy atom. The summed E-state index contributed by atoms with van der Waals surface area (Å²) in [6, 6.07) is 0. The summed E-state index contributed by atoms with van der Waals surface area (Å²) in [4.78, 5) is 9.66. The van der Waals surface area contributed by atoms with Crippen molar-refractivity contribution < 1.29 is 10.2 Å². The fourth-order valence-electron chi connectivity index (χ4n) is 0.178. The first-order valence-electron chi connectivity index (χ1n) is 1.77. The number of rotatable bonds is 2. The summed E-state index contributed by atoms with van der Waals surface area (Å²) >= 11 is 0. The molecule has 9 heavy (non-hydrogen) atoms. The van der Waals surface area contributed by atoms with Gasteiger partial charge in [-0.15, -0.1) is 0 Å². The van der Waals surface area contributed by atoms with E-state index in [4.69, 9.17) is 10.6 Å². The van der Waals surface area contributed by atoms with Crippen molar-refractivity contribution in [3.05, 3.63) is 10.1 Å². The number of hydrazine groups is 2. The Hall–Kier alpha value is -1.41. The van der Waals surface area contributed by atoms with Crippen LogP contribution in [0.15, 0.2) is 0 Å². The van der Waals surface area contributed by atoms with E-state index in [0.29, 0.717) is 0 Å². The molecule has 0 aromatic carbocycles. The van der Waals surface area contributed by atoms with Crippen molar-refractivity contribution in [1.29, 1.82) is 5.41 Å². The zero-order valence-electron chi connectivity index (χ0n) is 4.24. The van der Waals surface area contributed by atoms with Gasteiger partial charge in [0.05, 0.1) is 0 Å². The van der Waals surface area contributed by atoms with E-state index in [9.17, 15) is 10.1 Å². The second kappa shape index (κ2) is 2.79. The van der Waals surface area contributed by atoms with Crippen LogP contribution in [0.5, 0.6) is 0 Å². The van der Waals surface area contributed by atoms with Crippen LogP contribution in [0.2, 0.25) is 0 Å². The van der Waals surface area contributed by atoms with Crippen LogP contribution in [0.4, 0.5) is 0 Å². The molecule has 0 fully saturated rings. The number of nitro groups is 1. The zero-order chi connectivity index (χ0) is 7.44. The molecule has 0 heterocycles. The lowest BCUT2D eigenvalue weighted by atomic mass is 11.1. The molecular formula is CH5N5O3. The maximum atomic E-state index is 9.66. The Labute approximate surface area is 49.4 Å². The summed E-state index contributed by atoms with van der Waals surface area (Å²) in [5, 5.41) is 22.7. The first kappa shape index (κ1) is 7.59. The van der Waals surface area contributed by atoms with Crippen LogP contribution in [-0.4, -0.2) is 21.3 Å². The summed E-state index contributed by atoms with van der Waals surface area (Å²) in [6.07, 6.45) is 0. The third-order valence-electron chi connectivity index (χ3n) is 0.486. The number of hydrogen-bond acceptors (Lipinski definition) is 5. The minimum absolute atomic E-state index is 0.153. The Bertz CT molecular complexity index is 118. The maximum absolute atomic E-state index is 9.66. The molecule has 0 aliphatic carbocycles. The molecule has 0 aromatic rings. The SMILES string of the molecule is N=C(N)N(NO)[N+](=O)[O-]. The van der Waals surface area contributed by atoms with E-state index in [1.54, 1.807) is 0 Å². The smallest absolute Gasteiger partial charge is 0.274 e. The van der Waals surface area contributed by atoms with Crippen LogP contribution >= 0.6 is 0 Å². The van der Waals surface area contributed by atoms with Crippen molar-refractivity contribution in [2.75, 3.05) is 0 Å². The molecule has 0 bridgehead atoms. The van der Waals surface area contributed by atoms with E-state index in [-0.39, 0.29) is 5.12 Å². The molecule has 0 rings (SSSR count). The van der Waals surface area contributed by atoms with Crippen molar-refractivity contribution in [3.8, 4) is 0 Å². The molecule has 0 radical (unpaired) electrons. The molecule has 0 spiro atoms. The van der Waals surface area contributed by atoms with Gasteiger partial charge in [0, 0.05) is 5.12 Å². The van der Waals surface area contributed by atoms with Crippen LogP contribution < -0.4 is 11.3 Å². The van der Waals surface area contributed by atoms with Crippen LogP contribution in [-0.2, 0) is 0 Å². The highest BCUT2D eigenvalue weighted by Crippen LogP contribution is 1.75. The first-order valence-corrected chi connectivity index (χ1v) is 1.77. The molecule has 0 aliphatic heterocycles. The lowest BCUT2D eigenvalue weighted by Gasteiger charge is -2.05. The molecule has 0 unspecified atom stereocenters. The summed E-state index contributed by atoms with van der Waals surface area (Å²) in [5.41, 5.74) is 5.68. The summed E-state index contributed by atoms with van der Waals surface area (Å²) in [6.45, 7) is 0. The second-order valence-electron chi connectivity index (χ2n) is 1.03. The van der Waals surface area contributed by atoms with Crippen molar-refractivity contribution >= 4 is 5.96 Å². The lowest BCUT2D eigenvalue weighted by molar-refractivity contribution is -0.656. The molecule has 8 nitrogen and oxygen atoms in total. The Morgan fingerprint density at radius 1 is 2.00 bits per heavy atom. The highest BCUT2D eigenvalue weighted by Gasteiger charge is 2.15. The third-order valence-corrected chi connectivity index (χ3v) is 0.486. The third kappa shape index (κ3) is 1.88. The molecule has 8 heteroatoms. The summed E-state index contributed by atoms with van der Waals surface area (Å²) < 4.78 is 0. The molecule has 0 atom stereocenters. The van der Waals surface area contributed by atoms with Crippen LogP contribution in [0, 0.1) is 15.5 Å². The molecule has 5 N–H and O–H groups in total. The van der Waals surface area contributed by atoms with E-state index in [1.165, 1.54) is 0 Å². The summed E-state index contributed by atoms with van der Waals surface area (Å²) in [7, 11) is 0. The first-order chi connectivity index (χ1) is 4.09. The average molecular weight is 135 g/mol. The van der Waals surface area contributed by atoms with Crippen LogP contribution in [0.25, 0.3) is 0 Å². The van der Waals surface area contributed by atoms with Gasteiger partial charge in [0.2, 0.25) is 0 Å². The van der Waals surface area contributed by atoms with Gasteiger partial charge in [-0.05, 0) is 0 Å². The molecule has 0 aliphatic rings. The normalized spacial score (nSPS) is 8.56. The van der Waals surface area contributed by atoms with Crippen molar-refractivity contribution in [2.24, 2.45) is 5.73 Å². The number of nitrogens with two attached hydrogens (primary N) is 1. The van der Waals surface area contributed by atoms with Crippen molar-refractivity contribution in [3.63, 3.8) is 0 Å². The molecular weight excluding hydrogens is 130 g/mol. The molecule has 0 aromatic heterocycles. The number of guanidine groups is 1. The molecule has 0 saturated carbocycles. The summed E-state index contributed by atoms with van der Waals surface area (Å²) in [5.74, 6) is -0.900. The van der Waals surface area contributed by atoms with Crippen molar-refractivity contribution in [1.82, 2.24) is 10.7 Å². The monoisotopic (exact) mass is 135 g/mol. The van der Waals surface area contributed by atoms with E-state index in [1.807, 2.05) is 0 Å². The quantitative estimate of drug-likeness (QED) is 0.154. The second-order valence-corrected chi connectivity index (χ2v) is 1.03. The van der Waals surface area contributed by atoms with Gasteiger partial charge in [-0.2, -0.15) is 0 Å². The fourth-order valence-corrected chi connectivity index (χ4v) is 0.178. The van der Waals surface area contributed by atoms with Gasteiger partial charge in [-0.1, -0.05) is 5.59 Å². The van der Waals surface area contributed by atoms with Gasteiger partial charge in [0.1, 0.15) is 0 Å². The zero-order valence-corrected chi connectivity index (χ0v) is 4.24. The molecule has 0 saturated heterocycles. The highest BCUT2D eigenvalue weighted by molar-refractivity contribution is 5.72. The topological polar surface area (TPSA) is 129 Å². The minimum Gasteiger partial charge on any atom is -0.364 e. The predicted molar refractivity (Wildman–Crippen MR) is 25.7 cm³/mol. The number of hydrogen-bond donors (Lipinski definition) is 4. The lowest BCUT2D eigenvalue weighted by Crippen LogP contribution is -2.48. The largest absolute Gasteiger partial charge is 0.364 e. The van der Waals surface area contributed by atoms with Gasteiger partial charge in [0.25, 0.3) is 5.96 Å². The van der Waals surface area contributed by atoms with E-state index in [0.717, 1.165) is 5.59 Å². The van der Waals surface area contributed by atoms with Gasteiger partial charge in [-0.3, -0.25) is 10.6 Å². The van der Waals surface area contributed by atoms with E-state index < -0.39 is 11.0 Å². The maximum Gasteiger partial charge on any atom is 0.274 e. The molecule has 0 amide bonds. The van der Waals surface area contributed by atoms with E-state index in [2.05, 4.69) is 5.73 Å². The fraction of sp³-hybridized carbons (Fsp3) is 0.